The van der Waals surface area contributed by atoms with Gasteiger partial charge in [-0.05, 0) is 167 Å². The highest BCUT2D eigenvalue weighted by Crippen LogP contribution is 2.56. The summed E-state index contributed by atoms with van der Waals surface area (Å²) in [7, 11) is -1.73. The number of hydrogen-bond donors (Lipinski definition) is 4. The molecular weight excluding hydrogens is 1090 g/mol. The Hall–Kier alpha value is -6.77. The molecule has 5 heterocycles. The van der Waals surface area contributed by atoms with E-state index in [-0.39, 0.29) is 74.5 Å². The number of aromatic amines is 1. The van der Waals surface area contributed by atoms with Gasteiger partial charge >= 0.3 is 0 Å². The van der Waals surface area contributed by atoms with Crippen LogP contribution in [0.1, 0.15) is 142 Å². The summed E-state index contributed by atoms with van der Waals surface area (Å²) in [6, 6.07) is 26.8. The lowest BCUT2D eigenvalue weighted by atomic mass is 9.59. The second kappa shape index (κ2) is 23.2. The molecule has 0 radical (unpaired) electrons. The Morgan fingerprint density at radius 2 is 1.74 bits per heavy atom. The quantitative estimate of drug-likeness (QED) is 0.0592. The molecule has 4 N–H and O–H groups in total. The molecular formula is C65H79FN9O8S-. The molecule has 19 heteroatoms. The number of imidazole rings is 1. The van der Waals surface area contributed by atoms with E-state index < -0.39 is 27.4 Å². The molecule has 3 atom stereocenters. The topological polar surface area (TPSA) is 201 Å². The fourth-order valence-electron chi connectivity index (χ4n) is 14.7. The highest BCUT2D eigenvalue weighted by molar-refractivity contribution is 7.90. The minimum absolute atomic E-state index is 0.0209. The second-order valence-electron chi connectivity index (χ2n) is 25.2. The third kappa shape index (κ3) is 11.6. The van der Waals surface area contributed by atoms with Gasteiger partial charge < -0.3 is 44.8 Å². The zero-order chi connectivity index (χ0) is 58.7. The van der Waals surface area contributed by atoms with Crippen LogP contribution < -0.4 is 34.2 Å². The van der Waals surface area contributed by atoms with Gasteiger partial charge in [-0.2, -0.15) is 0 Å². The molecule has 6 aromatic rings. The van der Waals surface area contributed by atoms with Crippen molar-refractivity contribution in [2.75, 3.05) is 68.8 Å². The molecule has 1 spiro atoms. The standard InChI is InChI=1S/C65H79FN9O8S/c1-7-82-63-57(31-51-52(66)18-19-53(51)70-63)83-56-30-44(14-17-50(56)62(76)71-84(79,80)58-32-55(72(5)78)59(61-60(58)68-39-69-61)67-35-41-20-22-64(4,77)23-21-41)74-26-24-65(25-27-74)33-46(34-65)75-45-28-43(29-54(75)49-11-9-8-10-48(49)40(2)3)37-73(38-45)36-42-12-15-47(81-6)16-13-42/h8-18,30-32,39-41,43,45-46,54,67,77H,7,19-29,33-38H2,1-6H3,(H,68,69)(H,71,76)/q-1/t41?,43?,45?,54-,64?/m0/s1. The first-order chi connectivity index (χ1) is 40.4. The van der Waals surface area contributed by atoms with Crippen molar-refractivity contribution in [1.82, 2.24) is 29.5 Å². The number of aromatic nitrogens is 3. The molecule has 17 nitrogen and oxygen atoms in total. The fraction of sp³-hybridized carbons (Fsp3) is 0.492. The van der Waals surface area contributed by atoms with Crippen LogP contribution in [0.5, 0.6) is 23.1 Å². The van der Waals surface area contributed by atoms with Gasteiger partial charge in [-0.3, -0.25) is 14.6 Å². The van der Waals surface area contributed by atoms with E-state index in [1.54, 1.807) is 26.2 Å². The summed E-state index contributed by atoms with van der Waals surface area (Å²) in [6.45, 7) is 13.6. The molecule has 2 bridgehead atoms. The number of methoxy groups -OCH3 is 1. The zero-order valence-electron chi connectivity index (χ0n) is 49.1. The first-order valence-corrected chi connectivity index (χ1v) is 31.6. The summed E-state index contributed by atoms with van der Waals surface area (Å²) in [6.07, 6.45) is 12.5. The number of fused-ring (bicyclic) bond motifs is 4. The third-order valence-corrected chi connectivity index (χ3v) is 20.5. The first kappa shape index (κ1) is 57.7. The molecule has 6 aliphatic rings. The van der Waals surface area contributed by atoms with Crippen LogP contribution in [0.25, 0.3) is 16.9 Å². The number of halogens is 1. The Balaban J connectivity index is 0.795. The predicted octanol–water partition coefficient (Wildman–Crippen LogP) is 11.6. The Bertz CT molecular complexity index is 3550. The number of allylic oxidation sites excluding steroid dienone is 1. The van der Waals surface area contributed by atoms with Crippen molar-refractivity contribution in [2.45, 2.75) is 139 Å². The van der Waals surface area contributed by atoms with Crippen molar-refractivity contribution in [3.05, 3.63) is 130 Å². The summed E-state index contributed by atoms with van der Waals surface area (Å²) in [5.41, 5.74) is 5.84. The number of nitrogens with zero attached hydrogens (tertiary/aromatic N) is 6. The summed E-state index contributed by atoms with van der Waals surface area (Å²) >= 11 is 0. The van der Waals surface area contributed by atoms with Gasteiger partial charge in [-0.15, -0.1) is 0 Å². The fourth-order valence-corrected chi connectivity index (χ4v) is 15.8. The number of ether oxygens (including phenoxy) is 3. The number of H-pyrrole nitrogens is 1. The monoisotopic (exact) mass is 1160 g/mol. The van der Waals surface area contributed by atoms with Gasteiger partial charge in [-0.25, -0.2) is 27.5 Å². The van der Waals surface area contributed by atoms with Crippen LogP contribution in [-0.4, -0.2) is 115 Å². The van der Waals surface area contributed by atoms with E-state index in [9.17, 15) is 23.5 Å². The number of benzene rings is 4. The molecule has 12 rings (SSSR count). The van der Waals surface area contributed by atoms with Gasteiger partial charge in [-0.1, -0.05) is 50.2 Å². The minimum Gasteiger partial charge on any atom is -0.758 e. The van der Waals surface area contributed by atoms with Crippen LogP contribution >= 0.6 is 0 Å². The van der Waals surface area contributed by atoms with Crippen molar-refractivity contribution in [2.24, 2.45) is 17.3 Å². The molecule has 1 amide bonds. The number of nitrogens with one attached hydrogen (secondary N) is 3. The summed E-state index contributed by atoms with van der Waals surface area (Å²) in [5, 5.41) is 27.7. The number of carbonyl (C=O) groups excluding carboxylic acids is 1. The summed E-state index contributed by atoms with van der Waals surface area (Å²) in [5.74, 6) is 0.881. The number of rotatable bonds is 18. The van der Waals surface area contributed by atoms with Crippen molar-refractivity contribution in [3.63, 3.8) is 0 Å². The number of amides is 1. The Morgan fingerprint density at radius 3 is 2.46 bits per heavy atom. The van der Waals surface area contributed by atoms with Crippen LogP contribution in [0.2, 0.25) is 0 Å². The van der Waals surface area contributed by atoms with E-state index in [1.165, 1.54) is 54.7 Å². The summed E-state index contributed by atoms with van der Waals surface area (Å²) < 4.78 is 64.7. The molecule has 3 aliphatic heterocycles. The zero-order valence-corrected chi connectivity index (χ0v) is 49.9. The number of pyridine rings is 1. The molecule has 84 heavy (non-hydrogen) atoms. The summed E-state index contributed by atoms with van der Waals surface area (Å²) in [4.78, 5) is 34.2. The number of carbonyl (C=O) groups is 1. The van der Waals surface area contributed by atoms with E-state index >= 15 is 4.39 Å². The van der Waals surface area contributed by atoms with Gasteiger partial charge in [0.1, 0.15) is 27.7 Å². The van der Waals surface area contributed by atoms with E-state index in [2.05, 4.69) is 102 Å². The molecule has 4 aromatic carbocycles. The average molecular weight is 1170 g/mol. The molecule has 446 valence electrons. The van der Waals surface area contributed by atoms with Gasteiger partial charge in [0.05, 0.1) is 53.8 Å². The first-order valence-electron chi connectivity index (χ1n) is 30.1. The van der Waals surface area contributed by atoms with Crippen molar-refractivity contribution < 1.29 is 36.9 Å². The Labute approximate surface area is 492 Å². The van der Waals surface area contributed by atoms with Gasteiger partial charge in [0.2, 0.25) is 0 Å². The smallest absolute Gasteiger partial charge is 0.268 e. The van der Waals surface area contributed by atoms with Crippen LogP contribution in [0, 0.1) is 22.5 Å². The lowest BCUT2D eigenvalue weighted by Crippen LogP contribution is -2.63. The molecule has 5 fully saturated rings. The lowest BCUT2D eigenvalue weighted by molar-refractivity contribution is -0.106. The Kier molecular flexibility index (Phi) is 16.0. The van der Waals surface area contributed by atoms with E-state index in [0.29, 0.717) is 65.8 Å². The molecule has 2 aromatic heterocycles. The number of hydrogen-bond acceptors (Lipinski definition) is 15. The minimum atomic E-state index is -4.72. The van der Waals surface area contributed by atoms with Crippen LogP contribution in [0.3, 0.4) is 0 Å². The maximum atomic E-state index is 15.2. The maximum absolute atomic E-state index is 15.2. The van der Waals surface area contributed by atoms with Gasteiger partial charge in [0.15, 0.2) is 5.75 Å². The average Bonchev–Trinajstić information content (AvgIpc) is 2.25. The molecule has 2 saturated carbocycles. The van der Waals surface area contributed by atoms with Crippen LogP contribution in [0.4, 0.5) is 21.5 Å². The molecule has 3 saturated heterocycles. The lowest BCUT2D eigenvalue weighted by Gasteiger charge is -2.61. The van der Waals surface area contributed by atoms with E-state index in [0.717, 1.165) is 89.1 Å². The van der Waals surface area contributed by atoms with Crippen molar-refractivity contribution >= 4 is 49.9 Å². The molecule has 2 unspecified atom stereocenters. The Morgan fingerprint density at radius 1 is 0.976 bits per heavy atom. The largest absolute Gasteiger partial charge is 0.758 e. The van der Waals surface area contributed by atoms with Crippen LogP contribution in [-0.2, 0) is 23.0 Å². The number of aliphatic hydroxyl groups is 1. The highest BCUT2D eigenvalue weighted by Gasteiger charge is 2.53. The number of anilines is 3. The highest BCUT2D eigenvalue weighted by atomic mass is 32.2. The number of hydroxylamine groups is 1. The van der Waals surface area contributed by atoms with Gasteiger partial charge in [0, 0.05) is 81.1 Å². The van der Waals surface area contributed by atoms with E-state index in [1.807, 2.05) is 13.0 Å². The molecule has 3 aliphatic carbocycles. The predicted molar refractivity (Wildman–Crippen MR) is 325 cm³/mol. The number of sulfonamides is 1. The van der Waals surface area contributed by atoms with Crippen molar-refractivity contribution in [1.29, 1.82) is 0 Å². The normalized spacial score (nSPS) is 23.5. The third-order valence-electron chi connectivity index (χ3n) is 19.1. The SMILES string of the molecule is CCOc1nc2c(cc1Oc1cc(N3CCC4(CC3)CC(N3C5CC(C[C@H]3c3ccccc3C(C)C)CN(Cc3ccc(OC)cc3)C5)C4)ccc1C(=O)NS(=O)(=O)c1cc(N(C)[O-])c(NCC3CCC(C)(O)CC3)c3[nH]cnc13)C(F)=CC2. The maximum Gasteiger partial charge on any atom is 0.268 e. The van der Waals surface area contributed by atoms with Crippen molar-refractivity contribution in [3.8, 4) is 23.1 Å². The number of piperidine rings is 3. The number of likely N-dealkylation sites (tertiary alicyclic amines) is 2. The second-order valence-corrected chi connectivity index (χ2v) is 26.9. The van der Waals surface area contributed by atoms with Gasteiger partial charge in [0.25, 0.3) is 21.8 Å². The van der Waals surface area contributed by atoms with Crippen LogP contribution in [0.15, 0.2) is 96.2 Å². The van der Waals surface area contributed by atoms with E-state index in [4.69, 9.17) is 14.2 Å².